The fourth-order valence-electron chi connectivity index (χ4n) is 3.06. The van der Waals surface area contributed by atoms with Crippen molar-refractivity contribution in [3.8, 4) is 6.01 Å². The number of anilines is 2. The van der Waals surface area contributed by atoms with Gasteiger partial charge in [0.1, 0.15) is 12.2 Å². The van der Waals surface area contributed by atoms with Crippen LogP contribution in [0.1, 0.15) is 30.5 Å². The van der Waals surface area contributed by atoms with Gasteiger partial charge in [0.05, 0.1) is 0 Å². The minimum atomic E-state index is -4.58. The number of rotatable bonds is 7. The van der Waals surface area contributed by atoms with E-state index in [1.165, 1.54) is 0 Å². The highest BCUT2D eigenvalue weighted by Gasteiger charge is 2.37. The summed E-state index contributed by atoms with van der Waals surface area (Å²) in [4.78, 5) is 9.50. The van der Waals surface area contributed by atoms with Crippen LogP contribution in [0.25, 0.3) is 0 Å². The number of hydrogen-bond donors (Lipinski definition) is 0. The Kier molecular flexibility index (Phi) is 6.36. The Balaban J connectivity index is 2.01. The average Bonchev–Trinajstić information content (AvgIpc) is 2.73. The molecule has 0 amide bonds. The monoisotopic (exact) mass is 401 g/mol. The third-order valence-corrected chi connectivity index (χ3v) is 4.50. The summed E-state index contributed by atoms with van der Waals surface area (Å²) >= 11 is 0. The molecule has 3 rings (SSSR count). The normalized spacial score (nSPS) is 11.3. The van der Waals surface area contributed by atoms with Crippen molar-refractivity contribution in [2.24, 2.45) is 0 Å². The van der Waals surface area contributed by atoms with Gasteiger partial charge in [-0.2, -0.15) is 18.2 Å². The van der Waals surface area contributed by atoms with Crippen molar-refractivity contribution >= 4 is 11.5 Å². The van der Waals surface area contributed by atoms with E-state index < -0.39 is 11.7 Å². The number of alkyl halides is 3. The van der Waals surface area contributed by atoms with Crippen LogP contribution in [0.4, 0.5) is 24.7 Å². The van der Waals surface area contributed by atoms with Gasteiger partial charge in [-0.25, -0.2) is 4.98 Å². The van der Waals surface area contributed by atoms with Crippen molar-refractivity contribution in [1.82, 2.24) is 9.97 Å². The van der Waals surface area contributed by atoms with Gasteiger partial charge in [0.15, 0.2) is 5.82 Å². The molecule has 0 aliphatic heterocycles. The number of halogens is 3. The van der Waals surface area contributed by atoms with Crippen LogP contribution in [0.15, 0.2) is 60.8 Å². The van der Waals surface area contributed by atoms with Gasteiger partial charge in [-0.3, -0.25) is 0 Å². The largest absolute Gasteiger partial charge is 0.459 e. The van der Waals surface area contributed by atoms with E-state index >= 15 is 0 Å². The fourth-order valence-corrected chi connectivity index (χ4v) is 3.06. The third-order valence-electron chi connectivity index (χ3n) is 4.50. The summed E-state index contributed by atoms with van der Waals surface area (Å²) in [5, 5.41) is 0. The molecule has 4 nitrogen and oxygen atoms in total. The second-order valence-corrected chi connectivity index (χ2v) is 6.39. The smallest absolute Gasteiger partial charge is 0.421 e. The van der Waals surface area contributed by atoms with E-state index in [4.69, 9.17) is 4.74 Å². The summed E-state index contributed by atoms with van der Waals surface area (Å²) in [6, 6.07) is 16.6. The zero-order valence-electron chi connectivity index (χ0n) is 16.3. The molecule has 0 unspecified atom stereocenters. The molecule has 0 spiro atoms. The van der Waals surface area contributed by atoms with Crippen molar-refractivity contribution in [1.29, 1.82) is 0 Å². The highest BCUT2D eigenvalue weighted by atomic mass is 19.4. The molecule has 0 N–H and O–H groups in total. The van der Waals surface area contributed by atoms with Crippen LogP contribution in [0.2, 0.25) is 0 Å². The van der Waals surface area contributed by atoms with Crippen LogP contribution < -0.4 is 9.64 Å². The molecule has 1 aromatic heterocycles. The molecule has 0 saturated carbocycles. The van der Waals surface area contributed by atoms with Crippen LogP contribution >= 0.6 is 0 Å². The molecule has 0 atom stereocenters. The molecule has 0 aliphatic carbocycles. The highest BCUT2D eigenvalue weighted by Crippen LogP contribution is 2.39. The highest BCUT2D eigenvalue weighted by molar-refractivity contribution is 5.66. The molecule has 0 aliphatic rings. The molecule has 0 fully saturated rings. The van der Waals surface area contributed by atoms with Gasteiger partial charge in [-0.05, 0) is 30.5 Å². The van der Waals surface area contributed by atoms with E-state index in [0.29, 0.717) is 18.7 Å². The van der Waals surface area contributed by atoms with Gasteiger partial charge in [0, 0.05) is 18.4 Å². The fraction of sp³-hybridized carbons (Fsp3) is 0.273. The van der Waals surface area contributed by atoms with Crippen molar-refractivity contribution < 1.29 is 17.9 Å². The summed E-state index contributed by atoms with van der Waals surface area (Å²) in [5.41, 5.74) is 1.61. The van der Waals surface area contributed by atoms with Crippen LogP contribution in [-0.4, -0.2) is 16.5 Å². The Morgan fingerprint density at radius 1 is 0.966 bits per heavy atom. The maximum atomic E-state index is 13.7. The van der Waals surface area contributed by atoms with Gasteiger partial charge < -0.3 is 9.64 Å². The first-order chi connectivity index (χ1) is 13.9. The first-order valence-corrected chi connectivity index (χ1v) is 9.40. The first-order valence-electron chi connectivity index (χ1n) is 9.40. The maximum absolute atomic E-state index is 13.7. The zero-order valence-corrected chi connectivity index (χ0v) is 16.3. The van der Waals surface area contributed by atoms with Crippen molar-refractivity contribution in [3.63, 3.8) is 0 Å². The van der Waals surface area contributed by atoms with E-state index in [1.807, 2.05) is 49.4 Å². The van der Waals surface area contributed by atoms with Crippen LogP contribution in [0.3, 0.4) is 0 Å². The molecule has 7 heteroatoms. The van der Waals surface area contributed by atoms with Gasteiger partial charge in [-0.1, -0.05) is 55.5 Å². The van der Waals surface area contributed by atoms with E-state index in [0.717, 1.165) is 17.3 Å². The second kappa shape index (κ2) is 8.94. The molecule has 0 radical (unpaired) electrons. The lowest BCUT2D eigenvalue weighted by Gasteiger charge is -2.27. The topological polar surface area (TPSA) is 38.2 Å². The number of nitrogens with zero attached hydrogens (tertiary/aromatic N) is 3. The summed E-state index contributed by atoms with van der Waals surface area (Å²) in [6.07, 6.45) is -3.10. The lowest BCUT2D eigenvalue weighted by Crippen LogP contribution is -2.24. The van der Waals surface area contributed by atoms with Gasteiger partial charge in [0.2, 0.25) is 0 Å². The standard InChI is InChI=1S/C22H22F3N3O/c1-3-17-12-8-9-13-19(17)28(4-2)20-18(22(23,24)25)14-26-21(27-20)29-15-16-10-6-5-7-11-16/h5-14H,3-4,15H2,1-2H3. The van der Waals surface area contributed by atoms with Crippen molar-refractivity contribution in [3.05, 3.63) is 77.5 Å². The molecule has 0 saturated heterocycles. The molecule has 29 heavy (non-hydrogen) atoms. The minimum Gasteiger partial charge on any atom is -0.459 e. The molecule has 3 aromatic rings. The van der Waals surface area contributed by atoms with Crippen molar-refractivity contribution in [2.75, 3.05) is 11.4 Å². The Morgan fingerprint density at radius 3 is 2.31 bits per heavy atom. The summed E-state index contributed by atoms with van der Waals surface area (Å²) in [7, 11) is 0. The predicted octanol–water partition coefficient (Wildman–Crippen LogP) is 5.79. The summed E-state index contributed by atoms with van der Waals surface area (Å²) in [6.45, 7) is 4.24. The number of ether oxygens (including phenoxy) is 1. The SMILES string of the molecule is CCc1ccccc1N(CC)c1nc(OCc2ccccc2)ncc1C(F)(F)F. The number of aromatic nitrogens is 2. The Bertz CT molecular complexity index is 946. The number of aryl methyl sites for hydroxylation is 1. The maximum Gasteiger partial charge on any atom is 0.421 e. The second-order valence-electron chi connectivity index (χ2n) is 6.39. The number of para-hydroxylation sites is 1. The summed E-state index contributed by atoms with van der Waals surface area (Å²) < 4.78 is 46.6. The van der Waals surface area contributed by atoms with Crippen molar-refractivity contribution in [2.45, 2.75) is 33.1 Å². The lowest BCUT2D eigenvalue weighted by molar-refractivity contribution is -0.137. The molecular formula is C22H22F3N3O. The van der Waals surface area contributed by atoms with Gasteiger partial charge >= 0.3 is 12.2 Å². The average molecular weight is 401 g/mol. The first kappa shape index (κ1) is 20.6. The van der Waals surface area contributed by atoms with E-state index in [2.05, 4.69) is 9.97 Å². The van der Waals surface area contributed by atoms with Crippen LogP contribution in [0.5, 0.6) is 6.01 Å². The van der Waals surface area contributed by atoms with E-state index in [9.17, 15) is 13.2 Å². The minimum absolute atomic E-state index is 0.0933. The molecule has 0 bridgehead atoms. The quantitative estimate of drug-likeness (QED) is 0.502. The van der Waals surface area contributed by atoms with Gasteiger partial charge in [-0.15, -0.1) is 0 Å². The molecule has 2 aromatic carbocycles. The molecule has 1 heterocycles. The molecule has 152 valence electrons. The Morgan fingerprint density at radius 2 is 1.66 bits per heavy atom. The third kappa shape index (κ3) is 4.85. The summed E-state index contributed by atoms with van der Waals surface area (Å²) in [5.74, 6) is -0.209. The predicted molar refractivity (Wildman–Crippen MR) is 106 cm³/mol. The van der Waals surface area contributed by atoms with Crippen LogP contribution in [0, 0.1) is 0 Å². The Hall–Kier alpha value is -3.09. The van der Waals surface area contributed by atoms with Gasteiger partial charge in [0.25, 0.3) is 0 Å². The van der Waals surface area contributed by atoms with E-state index in [-0.39, 0.29) is 18.4 Å². The Labute approximate surface area is 168 Å². The lowest BCUT2D eigenvalue weighted by atomic mass is 10.1. The zero-order chi connectivity index (χ0) is 20.9. The number of benzene rings is 2. The van der Waals surface area contributed by atoms with E-state index in [1.54, 1.807) is 24.0 Å². The molecular weight excluding hydrogens is 379 g/mol. The van der Waals surface area contributed by atoms with Crippen LogP contribution in [-0.2, 0) is 19.2 Å². The number of hydrogen-bond acceptors (Lipinski definition) is 4.